The van der Waals surface area contributed by atoms with E-state index in [1.807, 2.05) is 55.8 Å². The molecule has 5 amide bonds. The largest absolute Gasteiger partial charge is 0.444 e. The van der Waals surface area contributed by atoms with Crippen molar-refractivity contribution in [3.63, 3.8) is 0 Å². The number of carbonyl (C=O) groups is 3. The molecular formula is C39H48N8O8S2. The van der Waals surface area contributed by atoms with E-state index in [9.17, 15) is 34.6 Å². The minimum absolute atomic E-state index is 0.114. The number of thiophene rings is 2. The molecule has 304 valence electrons. The summed E-state index contributed by atoms with van der Waals surface area (Å²) >= 11 is 3.06. The molecule has 2 fully saturated rings. The second kappa shape index (κ2) is 20.0. The zero-order chi connectivity index (χ0) is 41.0. The average Bonchev–Trinajstić information content (AvgIpc) is 3.93. The van der Waals surface area contributed by atoms with Crippen LogP contribution in [0.25, 0.3) is 20.9 Å². The molecule has 18 heteroatoms. The highest BCUT2D eigenvalue weighted by molar-refractivity contribution is 7.13. The number of benzene rings is 2. The summed E-state index contributed by atoms with van der Waals surface area (Å²) in [5.41, 5.74) is 1.20. The molecule has 57 heavy (non-hydrogen) atoms. The minimum atomic E-state index is -0.531. The van der Waals surface area contributed by atoms with Gasteiger partial charge in [-0.25, -0.2) is 14.4 Å². The van der Waals surface area contributed by atoms with Crippen LogP contribution in [0.1, 0.15) is 46.5 Å². The standard InChI is InChI=1S/C22H28N4O5S.C17H20N4O3S/c1-22(2,3)31-21(28)25-10-8-15(9-11-25)14-23-20(27)24-17-13-16(19-5-4-12-32-19)6-7-18(17)26(29)30;22-17(19-11-12-5-7-18-8-6-12)20-14-10-13(16-2-1-9-25-16)3-4-15(14)21(23)24/h4-7,12-13,15H,8-11,14H2,1-3H3,(H2,23,24,27);1-4,9-10,12,18H,5-8,11H2,(H2,19,20,22). The number of amides is 5. The van der Waals surface area contributed by atoms with Crippen LogP contribution in [0.15, 0.2) is 71.4 Å². The Balaban J connectivity index is 0.000000224. The normalized spacial score (nSPS) is 14.8. The van der Waals surface area contributed by atoms with Gasteiger partial charge in [0.1, 0.15) is 17.0 Å². The first-order valence-corrected chi connectivity index (χ1v) is 20.4. The Morgan fingerprint density at radius 1 is 0.754 bits per heavy atom. The number of rotatable bonds is 10. The summed E-state index contributed by atoms with van der Waals surface area (Å²) in [5.74, 6) is 0.659. The molecule has 0 spiro atoms. The molecule has 0 saturated carbocycles. The number of hydrogen-bond acceptors (Lipinski definition) is 11. The third-order valence-corrected chi connectivity index (χ3v) is 11.2. The number of nitro benzene ring substituents is 2. The molecule has 2 aromatic carbocycles. The highest BCUT2D eigenvalue weighted by atomic mass is 32.1. The number of nitrogens with zero attached hydrogens (tertiary/aromatic N) is 3. The maximum Gasteiger partial charge on any atom is 0.410 e. The van der Waals surface area contributed by atoms with Crippen molar-refractivity contribution in [2.24, 2.45) is 11.8 Å². The van der Waals surface area contributed by atoms with E-state index in [0.29, 0.717) is 32.1 Å². The second-order valence-corrected chi connectivity index (χ2v) is 16.6. The molecule has 0 radical (unpaired) electrons. The molecule has 6 rings (SSSR count). The van der Waals surface area contributed by atoms with E-state index >= 15 is 0 Å². The number of likely N-dealkylation sites (tertiary alicyclic amines) is 1. The summed E-state index contributed by atoms with van der Waals surface area (Å²) in [6, 6.07) is 16.2. The van der Waals surface area contributed by atoms with E-state index < -0.39 is 27.5 Å². The zero-order valence-corrected chi connectivity index (χ0v) is 33.7. The number of nitro groups is 2. The average molecular weight is 821 g/mol. The first kappa shape index (κ1) is 42.6. The van der Waals surface area contributed by atoms with Crippen LogP contribution in [0.5, 0.6) is 0 Å². The Bertz CT molecular complexity index is 1990. The molecule has 0 atom stereocenters. The number of urea groups is 2. The summed E-state index contributed by atoms with van der Waals surface area (Å²) in [4.78, 5) is 62.0. The Kier molecular flexibility index (Phi) is 14.9. The van der Waals surface area contributed by atoms with E-state index in [4.69, 9.17) is 4.74 Å². The van der Waals surface area contributed by atoms with Crippen molar-refractivity contribution in [1.29, 1.82) is 0 Å². The highest BCUT2D eigenvalue weighted by Crippen LogP contribution is 2.34. The molecule has 0 bridgehead atoms. The summed E-state index contributed by atoms with van der Waals surface area (Å²) in [6.45, 7) is 9.55. The fraction of sp³-hybridized carbons (Fsp3) is 0.410. The van der Waals surface area contributed by atoms with Gasteiger partial charge >= 0.3 is 18.2 Å². The van der Waals surface area contributed by atoms with Gasteiger partial charge in [-0.1, -0.05) is 12.1 Å². The van der Waals surface area contributed by atoms with Crippen molar-refractivity contribution in [2.75, 3.05) is 49.9 Å². The number of nitrogens with one attached hydrogen (secondary N) is 5. The first-order chi connectivity index (χ1) is 27.3. The minimum Gasteiger partial charge on any atom is -0.444 e. The van der Waals surface area contributed by atoms with Crippen LogP contribution in [0.4, 0.5) is 37.1 Å². The lowest BCUT2D eigenvalue weighted by atomic mass is 9.97. The van der Waals surface area contributed by atoms with Gasteiger partial charge in [-0.05, 0) is 130 Å². The number of carbonyl (C=O) groups excluding carboxylic acids is 3. The van der Waals surface area contributed by atoms with E-state index in [1.54, 1.807) is 40.5 Å². The van der Waals surface area contributed by atoms with Gasteiger partial charge in [0.2, 0.25) is 0 Å². The molecule has 16 nitrogen and oxygen atoms in total. The monoisotopic (exact) mass is 820 g/mol. The Labute approximate surface area is 338 Å². The van der Waals surface area contributed by atoms with E-state index in [2.05, 4.69) is 26.6 Å². The van der Waals surface area contributed by atoms with Crippen LogP contribution >= 0.6 is 22.7 Å². The van der Waals surface area contributed by atoms with Gasteiger partial charge in [0.05, 0.1) is 9.85 Å². The molecule has 2 aromatic heterocycles. The maximum atomic E-state index is 12.4. The van der Waals surface area contributed by atoms with Crippen LogP contribution in [0.3, 0.4) is 0 Å². The number of hydrogen-bond donors (Lipinski definition) is 5. The van der Waals surface area contributed by atoms with Gasteiger partial charge in [-0.15, -0.1) is 22.7 Å². The molecule has 2 aliphatic rings. The molecule has 0 aliphatic carbocycles. The number of anilines is 2. The van der Waals surface area contributed by atoms with Gasteiger partial charge in [0.15, 0.2) is 0 Å². The first-order valence-electron chi connectivity index (χ1n) is 18.7. The van der Waals surface area contributed by atoms with Crippen LogP contribution in [0.2, 0.25) is 0 Å². The SMILES string of the molecule is CC(C)(C)OC(=O)N1CCC(CNC(=O)Nc2cc(-c3cccs3)ccc2[N+](=O)[O-])CC1.O=C(NCC1CCNCC1)Nc1cc(-c2cccs2)ccc1[N+](=O)[O-]. The Hall–Kier alpha value is -5.59. The fourth-order valence-corrected chi connectivity index (χ4v) is 7.77. The molecule has 0 unspecified atom stereocenters. The lowest BCUT2D eigenvalue weighted by Crippen LogP contribution is -2.44. The zero-order valence-electron chi connectivity index (χ0n) is 32.1. The molecule has 5 N–H and O–H groups in total. The van der Waals surface area contributed by atoms with Crippen LogP contribution in [-0.2, 0) is 4.74 Å². The molecule has 2 saturated heterocycles. The quantitative estimate of drug-likeness (QED) is 0.0766. The summed E-state index contributed by atoms with van der Waals surface area (Å²) in [6.07, 6.45) is 3.21. The van der Waals surface area contributed by atoms with Crippen molar-refractivity contribution in [1.82, 2.24) is 20.9 Å². The van der Waals surface area contributed by atoms with Gasteiger partial charge in [-0.3, -0.25) is 20.2 Å². The summed E-state index contributed by atoms with van der Waals surface area (Å²) < 4.78 is 5.40. The van der Waals surface area contributed by atoms with Crippen molar-refractivity contribution < 1.29 is 29.0 Å². The van der Waals surface area contributed by atoms with Gasteiger partial charge in [0.25, 0.3) is 11.4 Å². The predicted molar refractivity (Wildman–Crippen MR) is 223 cm³/mol. The number of ether oxygens (including phenoxy) is 1. The lowest BCUT2D eigenvalue weighted by molar-refractivity contribution is -0.384. The third kappa shape index (κ3) is 13.0. The second-order valence-electron chi connectivity index (χ2n) is 14.7. The van der Waals surface area contributed by atoms with Gasteiger partial charge in [-0.2, -0.15) is 0 Å². The van der Waals surface area contributed by atoms with Crippen LogP contribution in [0, 0.1) is 32.1 Å². The third-order valence-electron chi connectivity index (χ3n) is 9.32. The molecule has 4 aromatic rings. The predicted octanol–water partition coefficient (Wildman–Crippen LogP) is 8.54. The highest BCUT2D eigenvalue weighted by Gasteiger charge is 2.27. The van der Waals surface area contributed by atoms with Crippen molar-refractivity contribution in [3.8, 4) is 20.9 Å². The molecule has 2 aliphatic heterocycles. The number of piperidine rings is 2. The van der Waals surface area contributed by atoms with Gasteiger partial charge in [0, 0.05) is 48.1 Å². The summed E-state index contributed by atoms with van der Waals surface area (Å²) in [5, 5.41) is 40.6. The fourth-order valence-electron chi connectivity index (χ4n) is 6.32. The van der Waals surface area contributed by atoms with Crippen molar-refractivity contribution in [3.05, 3.63) is 91.7 Å². The van der Waals surface area contributed by atoms with Crippen molar-refractivity contribution >= 4 is 63.6 Å². The maximum absolute atomic E-state index is 12.4. The molecular weight excluding hydrogens is 773 g/mol. The van der Waals surface area contributed by atoms with E-state index in [-0.39, 0.29) is 34.8 Å². The van der Waals surface area contributed by atoms with Gasteiger partial charge < -0.3 is 36.2 Å². The lowest BCUT2D eigenvalue weighted by Gasteiger charge is -2.33. The van der Waals surface area contributed by atoms with E-state index in [0.717, 1.165) is 59.7 Å². The Morgan fingerprint density at radius 2 is 1.21 bits per heavy atom. The topological polar surface area (TPSA) is 210 Å². The Morgan fingerprint density at radius 3 is 1.61 bits per heavy atom. The summed E-state index contributed by atoms with van der Waals surface area (Å²) in [7, 11) is 0. The van der Waals surface area contributed by atoms with Crippen LogP contribution < -0.4 is 26.6 Å². The smallest absolute Gasteiger partial charge is 0.410 e. The van der Waals surface area contributed by atoms with E-state index in [1.165, 1.54) is 23.5 Å². The molecule has 4 heterocycles. The van der Waals surface area contributed by atoms with Crippen LogP contribution in [-0.4, -0.2) is 77.8 Å². The van der Waals surface area contributed by atoms with Crippen molar-refractivity contribution in [2.45, 2.75) is 52.1 Å².